The van der Waals surface area contributed by atoms with E-state index in [1.807, 2.05) is 0 Å². The summed E-state index contributed by atoms with van der Waals surface area (Å²) in [6.45, 7) is 0. The van der Waals surface area contributed by atoms with Crippen molar-refractivity contribution in [2.45, 2.75) is 23.6 Å². The van der Waals surface area contributed by atoms with Crippen molar-refractivity contribution < 1.29 is 14.4 Å². The highest BCUT2D eigenvalue weighted by Crippen LogP contribution is 2.40. The molecule has 4 unspecified atom stereocenters. The van der Waals surface area contributed by atoms with Crippen LogP contribution in [0.15, 0.2) is 0 Å². The predicted octanol–water partition coefficient (Wildman–Crippen LogP) is 0.948. The van der Waals surface area contributed by atoms with Crippen LogP contribution >= 0.6 is 23.2 Å². The minimum Gasteiger partial charge on any atom is -0.290 e. The van der Waals surface area contributed by atoms with Gasteiger partial charge in [-0.25, -0.2) is 0 Å². The van der Waals surface area contributed by atoms with Crippen molar-refractivity contribution in [3.63, 3.8) is 0 Å². The van der Waals surface area contributed by atoms with Gasteiger partial charge in [-0.05, 0) is 12.8 Å². The van der Waals surface area contributed by atoms with Crippen LogP contribution in [0.5, 0.6) is 0 Å². The van der Waals surface area contributed by atoms with Crippen LogP contribution in [-0.2, 0) is 14.4 Å². The molecule has 4 atom stereocenters. The van der Waals surface area contributed by atoms with Gasteiger partial charge in [0.15, 0.2) is 0 Å². The Kier molecular flexibility index (Phi) is 2.40. The number of carbonyl (C=O) groups is 3. The molecule has 2 aliphatic rings. The van der Waals surface area contributed by atoms with E-state index < -0.39 is 29.2 Å². The fourth-order valence-corrected chi connectivity index (χ4v) is 2.74. The van der Waals surface area contributed by atoms with Crippen LogP contribution < -0.4 is 0 Å². The van der Waals surface area contributed by atoms with Gasteiger partial charge in [-0.15, -0.1) is 23.2 Å². The van der Waals surface area contributed by atoms with E-state index in [9.17, 15) is 14.4 Å². The Morgan fingerprint density at radius 2 is 1.21 bits per heavy atom. The molecule has 0 amide bonds. The lowest BCUT2D eigenvalue weighted by Crippen LogP contribution is -2.34. The minimum atomic E-state index is -0.866. The number of Topliss-reactive ketones (excluding diaryl/α,β-unsaturated/α-hetero) is 3. The highest BCUT2D eigenvalue weighted by molar-refractivity contribution is 6.68. The van der Waals surface area contributed by atoms with Crippen molar-refractivity contribution in [3.8, 4) is 0 Å². The molecule has 0 heterocycles. The van der Waals surface area contributed by atoms with Crippen LogP contribution in [-0.4, -0.2) is 28.1 Å². The molecular weight excluding hydrogens is 227 g/mol. The average Bonchev–Trinajstić information content (AvgIpc) is 2.34. The Morgan fingerprint density at radius 1 is 0.857 bits per heavy atom. The van der Waals surface area contributed by atoms with E-state index in [1.165, 1.54) is 0 Å². The van der Waals surface area contributed by atoms with Crippen molar-refractivity contribution in [2.75, 3.05) is 0 Å². The average molecular weight is 235 g/mol. The molecule has 0 N–H and O–H groups in total. The monoisotopic (exact) mass is 234 g/mol. The molecule has 0 aromatic carbocycles. The van der Waals surface area contributed by atoms with Gasteiger partial charge in [0.2, 0.25) is 11.6 Å². The molecule has 2 aliphatic carbocycles. The standard InChI is InChI=1S/C9H8Cl2O3/c10-5-1-3-4(2-6(5)11)8(13)9(14)7(3)12/h3-6H,1-2H2. The highest BCUT2D eigenvalue weighted by atomic mass is 35.5. The van der Waals surface area contributed by atoms with Crippen molar-refractivity contribution in [2.24, 2.45) is 11.8 Å². The van der Waals surface area contributed by atoms with Crippen LogP contribution in [0.3, 0.4) is 0 Å². The zero-order chi connectivity index (χ0) is 10.5. The van der Waals surface area contributed by atoms with Crippen LogP contribution in [0, 0.1) is 11.8 Å². The van der Waals surface area contributed by atoms with Gasteiger partial charge in [-0.1, -0.05) is 0 Å². The van der Waals surface area contributed by atoms with Gasteiger partial charge in [0.1, 0.15) is 0 Å². The Labute approximate surface area is 90.7 Å². The Morgan fingerprint density at radius 3 is 1.57 bits per heavy atom. The fraction of sp³-hybridized carbons (Fsp3) is 0.667. The molecule has 2 rings (SSSR count). The van der Waals surface area contributed by atoms with E-state index in [1.54, 1.807) is 0 Å². The van der Waals surface area contributed by atoms with Gasteiger partial charge < -0.3 is 0 Å². The second-order valence-electron chi connectivity index (χ2n) is 3.77. The van der Waals surface area contributed by atoms with Crippen LogP contribution in [0.25, 0.3) is 0 Å². The second kappa shape index (κ2) is 3.31. The van der Waals surface area contributed by atoms with Gasteiger partial charge in [-0.2, -0.15) is 0 Å². The molecule has 0 saturated heterocycles. The molecule has 76 valence electrons. The second-order valence-corrected chi connectivity index (χ2v) is 4.90. The number of hydrogen-bond acceptors (Lipinski definition) is 3. The van der Waals surface area contributed by atoms with Gasteiger partial charge in [-0.3, -0.25) is 14.4 Å². The first kappa shape index (κ1) is 10.1. The highest BCUT2D eigenvalue weighted by Gasteiger charge is 2.52. The Balaban J connectivity index is 2.28. The quantitative estimate of drug-likeness (QED) is 0.464. The maximum Gasteiger partial charge on any atom is 0.264 e. The van der Waals surface area contributed by atoms with Gasteiger partial charge in [0.25, 0.3) is 5.78 Å². The van der Waals surface area contributed by atoms with E-state index in [2.05, 4.69) is 0 Å². The number of ketones is 3. The molecule has 0 aliphatic heterocycles. The number of hydrogen-bond donors (Lipinski definition) is 0. The molecule has 0 radical (unpaired) electrons. The first-order valence-electron chi connectivity index (χ1n) is 4.43. The maximum atomic E-state index is 11.3. The fourth-order valence-electron chi connectivity index (χ4n) is 2.15. The predicted molar refractivity (Wildman–Crippen MR) is 50.5 cm³/mol. The van der Waals surface area contributed by atoms with Crippen molar-refractivity contribution >= 4 is 40.6 Å². The summed E-state index contributed by atoms with van der Waals surface area (Å²) in [7, 11) is 0. The largest absolute Gasteiger partial charge is 0.290 e. The number of fused-ring (bicyclic) bond motifs is 1. The lowest BCUT2D eigenvalue weighted by Gasteiger charge is -2.29. The smallest absolute Gasteiger partial charge is 0.264 e. The lowest BCUT2D eigenvalue weighted by atomic mass is 9.80. The van der Waals surface area contributed by atoms with E-state index in [0.29, 0.717) is 12.8 Å². The molecule has 0 aromatic rings. The Bertz CT molecular complexity index is 296. The van der Waals surface area contributed by atoms with Crippen LogP contribution in [0.4, 0.5) is 0 Å². The van der Waals surface area contributed by atoms with Crippen LogP contribution in [0.2, 0.25) is 0 Å². The first-order valence-corrected chi connectivity index (χ1v) is 5.30. The maximum absolute atomic E-state index is 11.3. The van der Waals surface area contributed by atoms with Crippen molar-refractivity contribution in [1.82, 2.24) is 0 Å². The van der Waals surface area contributed by atoms with Crippen LogP contribution in [0.1, 0.15) is 12.8 Å². The molecule has 3 nitrogen and oxygen atoms in total. The van der Waals surface area contributed by atoms with Gasteiger partial charge in [0.05, 0.1) is 10.8 Å². The van der Waals surface area contributed by atoms with Gasteiger partial charge in [0, 0.05) is 11.8 Å². The first-order chi connectivity index (χ1) is 6.52. The molecule has 5 heteroatoms. The summed E-state index contributed by atoms with van der Waals surface area (Å²) >= 11 is 11.8. The van der Waals surface area contributed by atoms with Crippen molar-refractivity contribution in [1.29, 1.82) is 0 Å². The summed E-state index contributed by atoms with van der Waals surface area (Å²) in [5.41, 5.74) is 0. The molecule has 14 heavy (non-hydrogen) atoms. The normalized spacial score (nSPS) is 42.9. The van der Waals surface area contributed by atoms with E-state index in [-0.39, 0.29) is 10.8 Å². The lowest BCUT2D eigenvalue weighted by molar-refractivity contribution is -0.141. The molecule has 0 spiro atoms. The van der Waals surface area contributed by atoms with Crippen molar-refractivity contribution in [3.05, 3.63) is 0 Å². The minimum absolute atomic E-state index is 0.319. The summed E-state index contributed by atoms with van der Waals surface area (Å²) in [5.74, 6) is -3.03. The zero-order valence-corrected chi connectivity index (χ0v) is 8.72. The summed E-state index contributed by atoms with van der Waals surface area (Å²) in [6, 6.07) is 0. The number of halogens is 2. The van der Waals surface area contributed by atoms with Gasteiger partial charge >= 0.3 is 0 Å². The summed E-state index contributed by atoms with van der Waals surface area (Å²) in [6.07, 6.45) is 0.688. The molecular formula is C9H8Cl2O3. The zero-order valence-electron chi connectivity index (χ0n) is 7.20. The molecule has 2 fully saturated rings. The number of carbonyl (C=O) groups excluding carboxylic acids is 3. The number of alkyl halides is 2. The van der Waals surface area contributed by atoms with E-state index in [0.717, 1.165) is 0 Å². The third kappa shape index (κ3) is 1.30. The SMILES string of the molecule is O=C1C(=O)C2CC(Cl)C(Cl)CC2C1=O. The summed E-state index contributed by atoms with van der Waals surface area (Å²) in [5, 5.41) is -0.638. The van der Waals surface area contributed by atoms with E-state index >= 15 is 0 Å². The Hall–Kier alpha value is -0.410. The molecule has 2 saturated carbocycles. The molecule has 0 bridgehead atoms. The molecule has 0 aromatic heterocycles. The third-order valence-corrected chi connectivity index (χ3v) is 4.05. The summed E-state index contributed by atoms with van der Waals surface area (Å²) in [4.78, 5) is 33.8. The summed E-state index contributed by atoms with van der Waals surface area (Å²) < 4.78 is 0. The van der Waals surface area contributed by atoms with E-state index in [4.69, 9.17) is 23.2 Å². The number of rotatable bonds is 0. The topological polar surface area (TPSA) is 51.2 Å². The third-order valence-electron chi connectivity index (χ3n) is 2.96.